The lowest BCUT2D eigenvalue weighted by Crippen LogP contribution is -2.23. The van der Waals surface area contributed by atoms with Gasteiger partial charge in [-0.25, -0.2) is 0 Å². The highest BCUT2D eigenvalue weighted by Gasteiger charge is 2.03. The summed E-state index contributed by atoms with van der Waals surface area (Å²) in [4.78, 5) is 2.34. The molecule has 0 unspecified atom stereocenters. The van der Waals surface area contributed by atoms with Gasteiger partial charge in [0.25, 0.3) is 0 Å². The van der Waals surface area contributed by atoms with Crippen molar-refractivity contribution in [3.8, 4) is 5.75 Å². The van der Waals surface area contributed by atoms with Crippen molar-refractivity contribution < 1.29 is 4.74 Å². The molecule has 0 aliphatic rings. The Labute approximate surface area is 145 Å². The van der Waals surface area contributed by atoms with E-state index < -0.39 is 0 Å². The van der Waals surface area contributed by atoms with Crippen molar-refractivity contribution in [2.24, 2.45) is 0 Å². The number of rotatable bonds is 10. The molecule has 2 rings (SSSR count). The summed E-state index contributed by atoms with van der Waals surface area (Å²) in [5.41, 5.74) is 2.48. The number of ether oxygens (including phenoxy) is 1. The second-order valence-corrected chi connectivity index (χ2v) is 5.54. The van der Waals surface area contributed by atoms with E-state index in [0.717, 1.165) is 25.4 Å². The van der Waals surface area contributed by atoms with Crippen LogP contribution in [0.4, 0.5) is 0 Å². The predicted octanol–water partition coefficient (Wildman–Crippen LogP) is 4.95. The molecule has 0 saturated carbocycles. The third kappa shape index (κ3) is 6.27. The van der Waals surface area contributed by atoms with Crippen LogP contribution in [0, 0.1) is 0 Å². The van der Waals surface area contributed by atoms with E-state index in [9.17, 15) is 0 Å². The van der Waals surface area contributed by atoms with Gasteiger partial charge in [0.1, 0.15) is 12.4 Å². The fourth-order valence-corrected chi connectivity index (χ4v) is 2.39. The lowest BCUT2D eigenvalue weighted by molar-refractivity contribution is 0.327. The number of nitrogens with zero attached hydrogens (tertiary/aromatic N) is 1. The fraction of sp³-hybridized carbons (Fsp3) is 0.182. The normalized spacial score (nSPS) is 10.9. The summed E-state index contributed by atoms with van der Waals surface area (Å²) in [7, 11) is 0. The Balaban J connectivity index is 1.91. The van der Waals surface area contributed by atoms with E-state index in [1.54, 1.807) is 6.08 Å². The predicted molar refractivity (Wildman–Crippen MR) is 103 cm³/mol. The molecule has 24 heavy (non-hydrogen) atoms. The molecule has 2 heteroatoms. The van der Waals surface area contributed by atoms with Gasteiger partial charge in [-0.05, 0) is 23.3 Å². The van der Waals surface area contributed by atoms with Crippen LogP contribution in [0.3, 0.4) is 0 Å². The molecule has 2 aromatic rings. The van der Waals surface area contributed by atoms with Crippen LogP contribution in [-0.2, 0) is 6.54 Å². The Bertz CT molecular complexity index is 643. The molecule has 0 spiro atoms. The van der Waals surface area contributed by atoms with Gasteiger partial charge in [-0.2, -0.15) is 0 Å². The zero-order valence-corrected chi connectivity index (χ0v) is 14.1. The van der Waals surface area contributed by atoms with Crippen LogP contribution in [0.1, 0.15) is 11.1 Å². The second kappa shape index (κ2) is 10.2. The van der Waals surface area contributed by atoms with Crippen LogP contribution in [0.15, 0.2) is 86.0 Å². The quantitative estimate of drug-likeness (QED) is 0.574. The van der Waals surface area contributed by atoms with Crippen LogP contribution in [0.25, 0.3) is 6.08 Å². The van der Waals surface area contributed by atoms with Gasteiger partial charge in [0.2, 0.25) is 0 Å². The molecule has 0 atom stereocenters. The molecule has 0 saturated heterocycles. The molecule has 2 aromatic carbocycles. The van der Waals surface area contributed by atoms with Crippen LogP contribution in [-0.4, -0.2) is 24.6 Å². The lowest BCUT2D eigenvalue weighted by atomic mass is 10.2. The van der Waals surface area contributed by atoms with E-state index in [2.05, 4.69) is 66.6 Å². The van der Waals surface area contributed by atoms with E-state index in [-0.39, 0.29) is 0 Å². The maximum atomic E-state index is 5.52. The maximum absolute atomic E-state index is 5.52. The molecule has 2 nitrogen and oxygen atoms in total. The van der Waals surface area contributed by atoms with Gasteiger partial charge in [0.15, 0.2) is 0 Å². The molecular formula is C22H25NO. The summed E-state index contributed by atoms with van der Waals surface area (Å²) in [6, 6.07) is 18.6. The second-order valence-electron chi connectivity index (χ2n) is 5.54. The Morgan fingerprint density at radius 2 is 1.62 bits per heavy atom. The monoisotopic (exact) mass is 319 g/mol. The Kier molecular flexibility index (Phi) is 7.58. The molecule has 0 heterocycles. The standard InChI is InChI=1S/C22H25NO/c1-3-16-23(17-8-11-20-9-6-5-7-10-20)19-21-12-14-22(15-13-21)24-18-4-2/h3-15H,1-2,16-19H2. The number of hydrogen-bond donors (Lipinski definition) is 0. The molecule has 0 fully saturated rings. The van der Waals surface area contributed by atoms with Crippen LogP contribution in [0.2, 0.25) is 0 Å². The first-order valence-corrected chi connectivity index (χ1v) is 8.19. The van der Waals surface area contributed by atoms with Gasteiger partial charge < -0.3 is 4.74 Å². The van der Waals surface area contributed by atoms with Crippen molar-refractivity contribution in [1.29, 1.82) is 0 Å². The minimum atomic E-state index is 0.534. The first kappa shape index (κ1) is 17.8. The average Bonchev–Trinajstić information content (AvgIpc) is 2.62. The maximum Gasteiger partial charge on any atom is 0.119 e. The highest BCUT2D eigenvalue weighted by molar-refractivity contribution is 5.48. The summed E-state index contributed by atoms with van der Waals surface area (Å²) in [6.45, 7) is 10.7. The summed E-state index contributed by atoms with van der Waals surface area (Å²) in [6.07, 6.45) is 8.04. The van der Waals surface area contributed by atoms with Gasteiger partial charge in [0, 0.05) is 19.6 Å². The lowest BCUT2D eigenvalue weighted by Gasteiger charge is -2.19. The molecule has 0 radical (unpaired) electrons. The van der Waals surface area contributed by atoms with Crippen LogP contribution in [0.5, 0.6) is 5.75 Å². The number of hydrogen-bond acceptors (Lipinski definition) is 2. The van der Waals surface area contributed by atoms with Gasteiger partial charge in [-0.1, -0.05) is 73.3 Å². The SMILES string of the molecule is C=CCOc1ccc(CN(CC=C)CC=Cc2ccccc2)cc1. The van der Waals surface area contributed by atoms with Crippen molar-refractivity contribution in [1.82, 2.24) is 4.90 Å². The van der Waals surface area contributed by atoms with Crippen LogP contribution < -0.4 is 4.74 Å². The van der Waals surface area contributed by atoms with Crippen molar-refractivity contribution in [2.75, 3.05) is 19.7 Å². The smallest absolute Gasteiger partial charge is 0.119 e. The highest BCUT2D eigenvalue weighted by Crippen LogP contribution is 2.14. The zero-order valence-electron chi connectivity index (χ0n) is 14.1. The molecule has 0 bridgehead atoms. The van der Waals surface area contributed by atoms with E-state index in [0.29, 0.717) is 6.61 Å². The van der Waals surface area contributed by atoms with Crippen molar-refractivity contribution in [3.63, 3.8) is 0 Å². The molecule has 0 amide bonds. The Morgan fingerprint density at radius 1 is 0.875 bits per heavy atom. The summed E-state index contributed by atoms with van der Waals surface area (Å²) in [5, 5.41) is 0. The molecular weight excluding hydrogens is 294 g/mol. The van der Waals surface area contributed by atoms with Gasteiger partial charge in [-0.15, -0.1) is 6.58 Å². The third-order valence-corrected chi connectivity index (χ3v) is 3.56. The van der Waals surface area contributed by atoms with Gasteiger partial charge in [0.05, 0.1) is 0 Å². The van der Waals surface area contributed by atoms with Crippen molar-refractivity contribution in [2.45, 2.75) is 6.54 Å². The average molecular weight is 319 g/mol. The topological polar surface area (TPSA) is 12.5 Å². The molecule has 124 valence electrons. The van der Waals surface area contributed by atoms with E-state index in [4.69, 9.17) is 4.74 Å². The van der Waals surface area contributed by atoms with Crippen molar-refractivity contribution in [3.05, 3.63) is 97.1 Å². The summed E-state index contributed by atoms with van der Waals surface area (Å²) in [5.74, 6) is 0.873. The minimum Gasteiger partial charge on any atom is -0.490 e. The molecule has 0 N–H and O–H groups in total. The first-order valence-electron chi connectivity index (χ1n) is 8.19. The molecule has 0 aromatic heterocycles. The van der Waals surface area contributed by atoms with E-state index >= 15 is 0 Å². The van der Waals surface area contributed by atoms with E-state index in [1.165, 1.54) is 11.1 Å². The Hall–Kier alpha value is -2.58. The van der Waals surface area contributed by atoms with E-state index in [1.807, 2.05) is 24.3 Å². The van der Waals surface area contributed by atoms with Crippen LogP contribution >= 0.6 is 0 Å². The largest absolute Gasteiger partial charge is 0.490 e. The summed E-state index contributed by atoms with van der Waals surface area (Å²) >= 11 is 0. The van der Waals surface area contributed by atoms with Crippen molar-refractivity contribution >= 4 is 6.08 Å². The zero-order chi connectivity index (χ0) is 17.0. The number of benzene rings is 2. The highest BCUT2D eigenvalue weighted by atomic mass is 16.5. The fourth-order valence-electron chi connectivity index (χ4n) is 2.39. The van der Waals surface area contributed by atoms with Gasteiger partial charge >= 0.3 is 0 Å². The Morgan fingerprint density at radius 3 is 2.29 bits per heavy atom. The summed E-state index contributed by atoms with van der Waals surface area (Å²) < 4.78 is 5.52. The minimum absolute atomic E-state index is 0.534. The molecule has 0 aliphatic heterocycles. The third-order valence-electron chi connectivity index (χ3n) is 3.56. The molecule has 0 aliphatic carbocycles. The van der Waals surface area contributed by atoms with Gasteiger partial charge in [-0.3, -0.25) is 4.90 Å². The first-order chi connectivity index (χ1) is 11.8.